The van der Waals surface area contributed by atoms with Gasteiger partial charge < -0.3 is 10.3 Å². The molecule has 2 N–H and O–H groups in total. The van der Waals surface area contributed by atoms with Crippen molar-refractivity contribution in [3.63, 3.8) is 0 Å². The number of aromatic nitrogens is 2. The van der Waals surface area contributed by atoms with Crippen LogP contribution in [0.25, 0.3) is 22.4 Å². The molecule has 2 aromatic carbocycles. The van der Waals surface area contributed by atoms with Gasteiger partial charge in [0.25, 0.3) is 0 Å². The zero-order chi connectivity index (χ0) is 14.3. The number of halogens is 2. The van der Waals surface area contributed by atoms with Gasteiger partial charge in [-0.1, -0.05) is 17.7 Å². The number of hydrogen-bond donors (Lipinski definition) is 1. The fourth-order valence-corrected chi connectivity index (χ4v) is 2.43. The second kappa shape index (κ2) is 4.89. The van der Waals surface area contributed by atoms with Crippen molar-refractivity contribution in [1.29, 1.82) is 0 Å². The standard InChI is InChI=1S/C15H13ClFN3/c1-20-14-6-9(8-18)2-5-13(14)19-15(20)11-4-3-10(16)7-12(11)17/h2-7H,8,18H2,1H3. The van der Waals surface area contributed by atoms with Gasteiger partial charge in [-0.15, -0.1) is 0 Å². The predicted octanol–water partition coefficient (Wildman–Crippen LogP) is 3.49. The molecule has 0 atom stereocenters. The highest BCUT2D eigenvalue weighted by atomic mass is 35.5. The molecule has 20 heavy (non-hydrogen) atoms. The van der Waals surface area contributed by atoms with Gasteiger partial charge >= 0.3 is 0 Å². The Morgan fingerprint density at radius 2 is 2.05 bits per heavy atom. The van der Waals surface area contributed by atoms with Gasteiger partial charge in [-0.3, -0.25) is 0 Å². The van der Waals surface area contributed by atoms with Crippen molar-refractivity contribution < 1.29 is 4.39 Å². The molecule has 0 saturated carbocycles. The van der Waals surface area contributed by atoms with Crippen LogP contribution in [0.15, 0.2) is 36.4 Å². The van der Waals surface area contributed by atoms with E-state index in [1.54, 1.807) is 12.1 Å². The van der Waals surface area contributed by atoms with Crippen LogP contribution in [-0.2, 0) is 13.6 Å². The molecule has 0 fully saturated rings. The Morgan fingerprint density at radius 1 is 1.25 bits per heavy atom. The molecule has 0 aliphatic rings. The molecule has 102 valence electrons. The van der Waals surface area contributed by atoms with Crippen LogP contribution in [0.3, 0.4) is 0 Å². The third-order valence-corrected chi connectivity index (χ3v) is 3.59. The minimum Gasteiger partial charge on any atom is -0.327 e. The lowest BCUT2D eigenvalue weighted by Gasteiger charge is -2.04. The van der Waals surface area contributed by atoms with Crippen molar-refractivity contribution in [3.05, 3.63) is 52.8 Å². The van der Waals surface area contributed by atoms with E-state index in [9.17, 15) is 4.39 Å². The molecule has 3 aromatic rings. The molecule has 0 aliphatic heterocycles. The maximum Gasteiger partial charge on any atom is 0.143 e. The third kappa shape index (κ3) is 2.07. The van der Waals surface area contributed by atoms with Gasteiger partial charge in [0.15, 0.2) is 0 Å². The monoisotopic (exact) mass is 289 g/mol. The summed E-state index contributed by atoms with van der Waals surface area (Å²) >= 11 is 5.78. The molecule has 0 aliphatic carbocycles. The molecule has 3 nitrogen and oxygen atoms in total. The maximum absolute atomic E-state index is 14.0. The van der Waals surface area contributed by atoms with Crippen LogP contribution < -0.4 is 5.73 Å². The fourth-order valence-electron chi connectivity index (χ4n) is 2.27. The van der Waals surface area contributed by atoms with Crippen LogP contribution in [0.4, 0.5) is 4.39 Å². The normalized spacial score (nSPS) is 11.2. The molecule has 0 spiro atoms. The van der Waals surface area contributed by atoms with Gasteiger partial charge in [0.05, 0.1) is 16.6 Å². The first kappa shape index (κ1) is 13.1. The van der Waals surface area contributed by atoms with Gasteiger partial charge in [0.2, 0.25) is 0 Å². The van der Waals surface area contributed by atoms with E-state index in [0.717, 1.165) is 16.6 Å². The minimum atomic E-state index is -0.380. The van der Waals surface area contributed by atoms with Crippen LogP contribution in [-0.4, -0.2) is 9.55 Å². The summed E-state index contributed by atoms with van der Waals surface area (Å²) < 4.78 is 15.9. The number of fused-ring (bicyclic) bond motifs is 1. The van der Waals surface area contributed by atoms with Crippen LogP contribution in [0.2, 0.25) is 5.02 Å². The van der Waals surface area contributed by atoms with Gasteiger partial charge in [0.1, 0.15) is 11.6 Å². The Labute approximate surface area is 120 Å². The smallest absolute Gasteiger partial charge is 0.143 e. The second-order valence-electron chi connectivity index (χ2n) is 4.65. The van der Waals surface area contributed by atoms with E-state index in [2.05, 4.69) is 4.98 Å². The highest BCUT2D eigenvalue weighted by molar-refractivity contribution is 6.30. The topological polar surface area (TPSA) is 43.8 Å². The summed E-state index contributed by atoms with van der Waals surface area (Å²) in [7, 11) is 1.86. The van der Waals surface area contributed by atoms with Crippen molar-refractivity contribution >= 4 is 22.6 Å². The number of rotatable bonds is 2. The Bertz CT molecular complexity index is 795. The molecular formula is C15H13ClFN3. The summed E-state index contributed by atoms with van der Waals surface area (Å²) in [6.45, 7) is 0.464. The van der Waals surface area contributed by atoms with Gasteiger partial charge in [0, 0.05) is 18.6 Å². The SMILES string of the molecule is Cn1c(-c2ccc(Cl)cc2F)nc2ccc(CN)cc21. The number of nitrogens with zero attached hydrogens (tertiary/aromatic N) is 2. The second-order valence-corrected chi connectivity index (χ2v) is 5.08. The van der Waals surface area contributed by atoms with Crippen molar-refractivity contribution in [2.75, 3.05) is 0 Å². The van der Waals surface area contributed by atoms with Crippen molar-refractivity contribution in [3.8, 4) is 11.4 Å². The van der Waals surface area contributed by atoms with E-state index in [1.807, 2.05) is 29.8 Å². The highest BCUT2D eigenvalue weighted by Gasteiger charge is 2.14. The molecule has 1 aromatic heterocycles. The fraction of sp³-hybridized carbons (Fsp3) is 0.133. The number of benzene rings is 2. The zero-order valence-corrected chi connectivity index (χ0v) is 11.7. The lowest BCUT2D eigenvalue weighted by molar-refractivity contribution is 0.629. The first-order chi connectivity index (χ1) is 9.60. The van der Waals surface area contributed by atoms with Crippen molar-refractivity contribution in [2.24, 2.45) is 12.8 Å². The van der Waals surface area contributed by atoms with Crippen LogP contribution in [0, 0.1) is 5.82 Å². The zero-order valence-electron chi connectivity index (χ0n) is 10.9. The average Bonchev–Trinajstić information content (AvgIpc) is 2.76. The molecular weight excluding hydrogens is 277 g/mol. The number of nitrogens with two attached hydrogens (primary N) is 1. The summed E-state index contributed by atoms with van der Waals surface area (Å²) in [4.78, 5) is 4.49. The predicted molar refractivity (Wildman–Crippen MR) is 79.0 cm³/mol. The third-order valence-electron chi connectivity index (χ3n) is 3.35. The lowest BCUT2D eigenvalue weighted by Crippen LogP contribution is -1.97. The number of hydrogen-bond acceptors (Lipinski definition) is 2. The maximum atomic E-state index is 14.0. The van der Waals surface area contributed by atoms with Gasteiger partial charge in [-0.25, -0.2) is 9.37 Å². The van der Waals surface area contributed by atoms with E-state index >= 15 is 0 Å². The first-order valence-corrected chi connectivity index (χ1v) is 6.59. The molecule has 0 radical (unpaired) electrons. The Hall–Kier alpha value is -1.91. The average molecular weight is 290 g/mol. The molecule has 1 heterocycles. The molecule has 0 saturated heterocycles. The van der Waals surface area contributed by atoms with E-state index in [1.165, 1.54) is 6.07 Å². The largest absolute Gasteiger partial charge is 0.327 e. The van der Waals surface area contributed by atoms with Gasteiger partial charge in [-0.2, -0.15) is 0 Å². The lowest BCUT2D eigenvalue weighted by atomic mass is 10.2. The van der Waals surface area contributed by atoms with Crippen molar-refractivity contribution in [2.45, 2.75) is 6.54 Å². The Balaban J connectivity index is 2.24. The van der Waals surface area contributed by atoms with Crippen LogP contribution in [0.1, 0.15) is 5.56 Å². The Morgan fingerprint density at radius 3 is 2.75 bits per heavy atom. The van der Waals surface area contributed by atoms with E-state index < -0.39 is 0 Å². The molecule has 0 amide bonds. The highest BCUT2D eigenvalue weighted by Crippen LogP contribution is 2.27. The number of aryl methyl sites for hydroxylation is 1. The number of imidazole rings is 1. The van der Waals surface area contributed by atoms with E-state index in [0.29, 0.717) is 23.0 Å². The molecule has 0 bridgehead atoms. The quantitative estimate of drug-likeness (QED) is 0.785. The van der Waals surface area contributed by atoms with E-state index in [-0.39, 0.29) is 5.82 Å². The summed E-state index contributed by atoms with van der Waals surface area (Å²) in [6.07, 6.45) is 0. The minimum absolute atomic E-state index is 0.371. The molecule has 5 heteroatoms. The summed E-state index contributed by atoms with van der Waals surface area (Å²) in [5, 5.41) is 0.371. The first-order valence-electron chi connectivity index (χ1n) is 6.21. The Kier molecular flexibility index (Phi) is 3.20. The van der Waals surface area contributed by atoms with Crippen LogP contribution in [0.5, 0.6) is 0 Å². The summed E-state index contributed by atoms with van der Waals surface area (Å²) in [5.41, 5.74) is 8.84. The van der Waals surface area contributed by atoms with Crippen molar-refractivity contribution in [1.82, 2.24) is 9.55 Å². The van der Waals surface area contributed by atoms with E-state index in [4.69, 9.17) is 17.3 Å². The molecule has 3 rings (SSSR count). The summed E-state index contributed by atoms with van der Waals surface area (Å²) in [6, 6.07) is 10.4. The van der Waals surface area contributed by atoms with Gasteiger partial charge in [-0.05, 0) is 35.9 Å². The summed E-state index contributed by atoms with van der Waals surface area (Å²) in [5.74, 6) is 0.193. The molecule has 0 unspecified atom stereocenters. The van der Waals surface area contributed by atoms with Crippen LogP contribution >= 0.6 is 11.6 Å².